The molecule has 0 aromatic heterocycles. The smallest absolute Gasteiger partial charge is 0.231 e. The van der Waals surface area contributed by atoms with Crippen LogP contribution < -0.4 is 4.90 Å². The Bertz CT molecular complexity index is 679. The van der Waals surface area contributed by atoms with E-state index in [-0.39, 0.29) is 18.2 Å². The third-order valence-corrected chi connectivity index (χ3v) is 3.65. The van der Waals surface area contributed by atoms with Crippen LogP contribution in [0.15, 0.2) is 48.5 Å². The molecule has 0 radical (unpaired) electrons. The topological polar surface area (TPSA) is 37.4 Å². The molecule has 2 aromatic carbocycles. The Balaban J connectivity index is 1.83. The number of fused-ring (bicyclic) bond motifs is 1. The van der Waals surface area contributed by atoms with Crippen molar-refractivity contribution in [3.63, 3.8) is 0 Å². The van der Waals surface area contributed by atoms with E-state index >= 15 is 0 Å². The molecule has 0 saturated carbocycles. The fraction of sp³-hybridized carbons (Fsp3) is 0.125. The van der Waals surface area contributed by atoms with E-state index in [1.165, 1.54) is 0 Å². The van der Waals surface area contributed by atoms with Crippen LogP contribution in [0, 0.1) is 0 Å². The van der Waals surface area contributed by atoms with Gasteiger partial charge in [0.1, 0.15) is 0 Å². The predicted octanol–water partition coefficient (Wildman–Crippen LogP) is 3.11. The summed E-state index contributed by atoms with van der Waals surface area (Å²) >= 11 is 5.80. The maximum absolute atomic E-state index is 12.2. The van der Waals surface area contributed by atoms with E-state index in [1.807, 2.05) is 24.3 Å². The highest BCUT2D eigenvalue weighted by Gasteiger charge is 2.28. The number of halogens is 1. The van der Waals surface area contributed by atoms with Gasteiger partial charge in [0.15, 0.2) is 5.78 Å². The molecule has 1 aliphatic heterocycles. The summed E-state index contributed by atoms with van der Waals surface area (Å²) < 4.78 is 0. The number of hydrogen-bond acceptors (Lipinski definition) is 2. The quantitative estimate of drug-likeness (QED) is 0.813. The number of Topliss-reactive ketones (excluding diaryl/α,β-unsaturated/α-hetero) is 1. The highest BCUT2D eigenvalue weighted by molar-refractivity contribution is 6.30. The molecule has 3 rings (SSSR count). The van der Waals surface area contributed by atoms with Crippen molar-refractivity contribution < 1.29 is 9.59 Å². The molecule has 0 unspecified atom stereocenters. The molecule has 1 aliphatic rings. The SMILES string of the molecule is O=C(CN1C(=O)Cc2ccccc21)c1ccc(Cl)cc1. The van der Waals surface area contributed by atoms with E-state index in [0.29, 0.717) is 17.0 Å². The predicted molar refractivity (Wildman–Crippen MR) is 78.3 cm³/mol. The Kier molecular flexibility index (Phi) is 3.28. The molecule has 2 aromatic rings. The molecule has 0 N–H and O–H groups in total. The fourth-order valence-corrected chi connectivity index (χ4v) is 2.49. The number of rotatable bonds is 3. The van der Waals surface area contributed by atoms with Crippen LogP contribution in [0.4, 0.5) is 5.69 Å². The minimum Gasteiger partial charge on any atom is -0.304 e. The number of carbonyl (C=O) groups is 2. The van der Waals surface area contributed by atoms with Gasteiger partial charge in [-0.3, -0.25) is 9.59 Å². The minimum absolute atomic E-state index is 0.0338. The van der Waals surface area contributed by atoms with Crippen LogP contribution in [0.5, 0.6) is 0 Å². The van der Waals surface area contributed by atoms with Gasteiger partial charge in [0, 0.05) is 16.3 Å². The lowest BCUT2D eigenvalue weighted by Crippen LogP contribution is -2.32. The van der Waals surface area contributed by atoms with Crippen molar-refractivity contribution in [2.24, 2.45) is 0 Å². The number of amides is 1. The van der Waals surface area contributed by atoms with Crippen LogP contribution >= 0.6 is 11.6 Å². The van der Waals surface area contributed by atoms with E-state index < -0.39 is 0 Å². The highest BCUT2D eigenvalue weighted by atomic mass is 35.5. The van der Waals surface area contributed by atoms with Crippen molar-refractivity contribution in [2.75, 3.05) is 11.4 Å². The van der Waals surface area contributed by atoms with Gasteiger partial charge in [-0.25, -0.2) is 0 Å². The summed E-state index contributed by atoms with van der Waals surface area (Å²) in [6, 6.07) is 14.3. The molecule has 3 nitrogen and oxygen atoms in total. The number of carbonyl (C=O) groups excluding carboxylic acids is 2. The van der Waals surface area contributed by atoms with Gasteiger partial charge in [-0.15, -0.1) is 0 Å². The van der Waals surface area contributed by atoms with Gasteiger partial charge in [0.2, 0.25) is 5.91 Å². The normalized spacial score (nSPS) is 13.4. The summed E-state index contributed by atoms with van der Waals surface area (Å²) in [4.78, 5) is 25.8. The van der Waals surface area contributed by atoms with Crippen LogP contribution in [0.3, 0.4) is 0 Å². The minimum atomic E-state index is -0.0910. The standard InChI is InChI=1S/C16H12ClNO2/c17-13-7-5-11(6-8-13)15(19)10-18-14-4-2-1-3-12(14)9-16(18)20/h1-8H,9-10H2. The van der Waals surface area contributed by atoms with Gasteiger partial charge < -0.3 is 4.90 Å². The highest BCUT2D eigenvalue weighted by Crippen LogP contribution is 2.28. The molecule has 1 heterocycles. The average Bonchev–Trinajstić information content (AvgIpc) is 2.76. The van der Waals surface area contributed by atoms with Crippen molar-refractivity contribution in [3.05, 3.63) is 64.7 Å². The van der Waals surface area contributed by atoms with Gasteiger partial charge in [0.25, 0.3) is 0 Å². The van der Waals surface area contributed by atoms with Crippen LogP contribution in [-0.4, -0.2) is 18.2 Å². The Morgan fingerprint density at radius 3 is 2.55 bits per heavy atom. The zero-order valence-corrected chi connectivity index (χ0v) is 11.4. The van der Waals surface area contributed by atoms with Gasteiger partial charge in [-0.1, -0.05) is 29.8 Å². The number of hydrogen-bond donors (Lipinski definition) is 0. The van der Waals surface area contributed by atoms with Crippen LogP contribution in [0.1, 0.15) is 15.9 Å². The lowest BCUT2D eigenvalue weighted by Gasteiger charge is -2.16. The Morgan fingerprint density at radius 1 is 1.10 bits per heavy atom. The van der Waals surface area contributed by atoms with E-state index in [1.54, 1.807) is 29.2 Å². The van der Waals surface area contributed by atoms with Crippen molar-refractivity contribution >= 4 is 29.0 Å². The van der Waals surface area contributed by atoms with E-state index in [4.69, 9.17) is 11.6 Å². The monoisotopic (exact) mass is 285 g/mol. The first-order valence-corrected chi connectivity index (χ1v) is 6.70. The van der Waals surface area contributed by atoms with Gasteiger partial charge in [-0.2, -0.15) is 0 Å². The van der Waals surface area contributed by atoms with E-state index in [9.17, 15) is 9.59 Å². The second kappa shape index (κ2) is 5.10. The molecule has 4 heteroatoms. The van der Waals surface area contributed by atoms with Crippen LogP contribution in [0.25, 0.3) is 0 Å². The lowest BCUT2D eigenvalue weighted by molar-refractivity contribution is -0.117. The van der Waals surface area contributed by atoms with Crippen molar-refractivity contribution in [1.82, 2.24) is 0 Å². The zero-order chi connectivity index (χ0) is 14.1. The first kappa shape index (κ1) is 12.9. The molecule has 100 valence electrons. The molecule has 0 spiro atoms. The largest absolute Gasteiger partial charge is 0.304 e. The Labute approximate surface area is 121 Å². The second-order valence-electron chi connectivity index (χ2n) is 4.72. The number of anilines is 1. The van der Waals surface area contributed by atoms with Gasteiger partial charge in [-0.05, 0) is 35.9 Å². The van der Waals surface area contributed by atoms with Crippen molar-refractivity contribution in [3.8, 4) is 0 Å². The molecule has 0 bridgehead atoms. The summed E-state index contributed by atoms with van der Waals surface area (Å²) in [5.74, 6) is -0.125. The van der Waals surface area contributed by atoms with Crippen LogP contribution in [-0.2, 0) is 11.2 Å². The summed E-state index contributed by atoms with van der Waals surface area (Å²) in [6.45, 7) is 0.0669. The molecule has 0 atom stereocenters. The third-order valence-electron chi connectivity index (χ3n) is 3.39. The van der Waals surface area contributed by atoms with Gasteiger partial charge in [0.05, 0.1) is 13.0 Å². The summed E-state index contributed by atoms with van der Waals surface area (Å²) in [6.07, 6.45) is 0.365. The van der Waals surface area contributed by atoms with Crippen molar-refractivity contribution in [2.45, 2.75) is 6.42 Å². The molecular formula is C16H12ClNO2. The Hall–Kier alpha value is -2.13. The molecule has 20 heavy (non-hydrogen) atoms. The van der Waals surface area contributed by atoms with E-state index in [0.717, 1.165) is 11.3 Å². The maximum Gasteiger partial charge on any atom is 0.231 e. The first-order chi connectivity index (χ1) is 9.65. The summed E-state index contributed by atoms with van der Waals surface area (Å²) in [7, 11) is 0. The van der Waals surface area contributed by atoms with Crippen molar-refractivity contribution in [1.29, 1.82) is 0 Å². The Morgan fingerprint density at radius 2 is 1.80 bits per heavy atom. The van der Waals surface area contributed by atoms with Crippen LogP contribution in [0.2, 0.25) is 5.02 Å². The van der Waals surface area contributed by atoms with Gasteiger partial charge >= 0.3 is 0 Å². The molecule has 0 aliphatic carbocycles. The third kappa shape index (κ3) is 2.32. The fourth-order valence-electron chi connectivity index (χ4n) is 2.36. The van der Waals surface area contributed by atoms with E-state index in [2.05, 4.69) is 0 Å². The zero-order valence-electron chi connectivity index (χ0n) is 10.7. The second-order valence-corrected chi connectivity index (χ2v) is 5.15. The summed E-state index contributed by atoms with van der Waals surface area (Å²) in [5.41, 5.74) is 2.37. The number of para-hydroxylation sites is 1. The number of benzene rings is 2. The molecule has 0 fully saturated rings. The molecule has 1 amide bonds. The lowest BCUT2D eigenvalue weighted by atomic mass is 10.1. The average molecular weight is 286 g/mol. The molecule has 0 saturated heterocycles. The molecular weight excluding hydrogens is 274 g/mol. The number of ketones is 1. The summed E-state index contributed by atoms with van der Waals surface area (Å²) in [5, 5.41) is 0.587. The number of nitrogens with zero attached hydrogens (tertiary/aromatic N) is 1. The maximum atomic E-state index is 12.2. The first-order valence-electron chi connectivity index (χ1n) is 6.32.